The molecule has 4 aliphatic rings. The third kappa shape index (κ3) is 22.4. The Morgan fingerprint density at radius 3 is 0.811 bits per heavy atom. The molecular weight excluding hydrogens is 1740 g/mol. The molecule has 0 unspecified atom stereocenters. The van der Waals surface area contributed by atoms with Gasteiger partial charge in [-0.2, -0.15) is 0 Å². The fourth-order valence-corrected chi connectivity index (χ4v) is 17.1. The number of benzene rings is 12. The number of rotatable bonds is 20. The van der Waals surface area contributed by atoms with Gasteiger partial charge in [0.05, 0.1) is 94.0 Å². The number of nitrogens with one attached hydrogen (secondary N) is 4. The fraction of sp³-hybridized carbons (Fsp3) is 0.148. The minimum Gasteiger partial charge on any atom is -0.508 e. The Morgan fingerprint density at radius 2 is 0.545 bits per heavy atom. The zero-order valence-corrected chi connectivity index (χ0v) is 74.5. The van der Waals surface area contributed by atoms with Crippen LogP contribution in [0.15, 0.2) is 296 Å². The van der Waals surface area contributed by atoms with Gasteiger partial charge in [0.1, 0.15) is 11.6 Å². The van der Waals surface area contributed by atoms with Crippen LogP contribution < -0.4 is 44.2 Å². The molecule has 0 fully saturated rings. The van der Waals surface area contributed by atoms with Crippen molar-refractivity contribution in [2.45, 2.75) is 103 Å². The maximum Gasteiger partial charge on any atom is 0.229 e. The van der Waals surface area contributed by atoms with E-state index in [1.54, 1.807) is 48.5 Å². The molecule has 13 N–H and O–H groups in total. The summed E-state index contributed by atoms with van der Waals surface area (Å²) >= 11 is 9.39. The first-order chi connectivity index (χ1) is 64.2. The lowest BCUT2D eigenvalue weighted by atomic mass is 9.91. The van der Waals surface area contributed by atoms with Gasteiger partial charge in [-0.05, 0) is 215 Å². The number of nitrogens with two attached hydrogens (primary N) is 4. The molecule has 4 aromatic heterocycles. The number of nitrogens with zero attached hydrogens (tertiary/aromatic N) is 8. The van der Waals surface area contributed by atoms with Crippen LogP contribution in [0.2, 0.25) is 5.02 Å². The zero-order chi connectivity index (χ0) is 91.1. The van der Waals surface area contributed by atoms with Gasteiger partial charge >= 0.3 is 0 Å². The van der Waals surface area contributed by atoms with Crippen LogP contribution in [0, 0.1) is 5.82 Å². The number of nitrogen functional groups attached to an aromatic ring is 4. The SMILES string of the molecule is Nc1ccc2c(c1)CCc1nc(NC(=O)Cc3ccc(Br)cc3)c(Cc3ccccc3)nc1-2.Nc1ccc2c(c1)CCc1nc(NC(=O)Cc3ccc(Cl)cc3)c(Cc3ccccc3)nc1-2.Nc1ccc2c(c1)CCc1nc(NC(=O)Cc3ccc(F)cc3)c(Cc3ccccc3)nc1-2.Nc1ccc2c(c1)CCc1nc(NC(=O)Cc3ccc(O)cc3)c(Cc3ccccc3)nc1-2. The summed E-state index contributed by atoms with van der Waals surface area (Å²) < 4.78 is 14.2. The Balaban J connectivity index is 0.000000123. The number of aryl methyl sites for hydroxylation is 8. The van der Waals surface area contributed by atoms with Crippen LogP contribution in [0.5, 0.6) is 5.75 Å². The quantitative estimate of drug-likeness (QED) is 0.0320. The van der Waals surface area contributed by atoms with E-state index in [1.165, 1.54) is 28.8 Å². The van der Waals surface area contributed by atoms with Crippen molar-refractivity contribution in [1.29, 1.82) is 0 Å². The van der Waals surface area contributed by atoms with Gasteiger partial charge in [0.15, 0.2) is 23.3 Å². The molecule has 4 heterocycles. The molecule has 0 aliphatic heterocycles. The molecule has 0 spiro atoms. The largest absolute Gasteiger partial charge is 0.508 e. The maximum absolute atomic E-state index is 13.2. The highest BCUT2D eigenvalue weighted by Crippen LogP contribution is 2.40. The molecule has 16 aromatic rings. The fourth-order valence-electron chi connectivity index (χ4n) is 16.7. The molecule has 24 heteroatoms. The third-order valence-corrected chi connectivity index (χ3v) is 24.0. The number of carbonyl (C=O) groups excluding carboxylic acids is 4. The van der Waals surface area contributed by atoms with Crippen molar-refractivity contribution in [3.05, 3.63) is 419 Å². The van der Waals surface area contributed by atoms with Crippen molar-refractivity contribution in [3.63, 3.8) is 0 Å². The van der Waals surface area contributed by atoms with E-state index in [9.17, 15) is 28.7 Å². The smallest absolute Gasteiger partial charge is 0.229 e. The molecule has 0 saturated heterocycles. The summed E-state index contributed by atoms with van der Waals surface area (Å²) in [5.74, 6) is 1.26. The molecule has 4 amide bonds. The summed E-state index contributed by atoms with van der Waals surface area (Å²) in [6.45, 7) is 0. The Hall–Kier alpha value is -15.5. The first-order valence-corrected chi connectivity index (χ1v) is 44.9. The zero-order valence-electron chi connectivity index (χ0n) is 72.1. The molecule has 0 saturated carbocycles. The van der Waals surface area contributed by atoms with Gasteiger partial charge in [-0.3, -0.25) is 19.2 Å². The van der Waals surface area contributed by atoms with Gasteiger partial charge in [0.2, 0.25) is 23.6 Å². The van der Waals surface area contributed by atoms with Gasteiger partial charge in [-0.15, -0.1) is 0 Å². The van der Waals surface area contributed by atoms with E-state index in [-0.39, 0.29) is 60.9 Å². The minimum absolute atomic E-state index is 0.107. The summed E-state index contributed by atoms with van der Waals surface area (Å²) in [7, 11) is 0. The second-order valence-electron chi connectivity index (χ2n) is 33.0. The lowest BCUT2D eigenvalue weighted by Crippen LogP contribution is -2.20. The number of aromatic hydroxyl groups is 1. The minimum atomic E-state index is -0.327. The summed E-state index contributed by atoms with van der Waals surface area (Å²) in [5.41, 5.74) is 53.6. The van der Waals surface area contributed by atoms with Gasteiger partial charge in [-0.1, -0.05) is 222 Å². The molecule has 0 radical (unpaired) electrons. The number of hydrogen-bond donors (Lipinski definition) is 9. The van der Waals surface area contributed by atoms with E-state index >= 15 is 0 Å². The first-order valence-electron chi connectivity index (χ1n) is 43.7. The summed E-state index contributed by atoms with van der Waals surface area (Å²) in [4.78, 5) is 90.8. The Kier molecular flexibility index (Phi) is 27.4. The van der Waals surface area contributed by atoms with E-state index < -0.39 is 0 Å². The van der Waals surface area contributed by atoms with Gasteiger partial charge in [0, 0.05) is 80.2 Å². The lowest BCUT2D eigenvalue weighted by Gasteiger charge is -2.21. The van der Waals surface area contributed by atoms with E-state index in [0.29, 0.717) is 59.7 Å². The van der Waals surface area contributed by atoms with Crippen molar-refractivity contribution in [2.24, 2.45) is 0 Å². The van der Waals surface area contributed by atoms with Gasteiger partial charge in [0.25, 0.3) is 0 Å². The number of amides is 4. The number of hydrogen-bond acceptors (Lipinski definition) is 17. The molecule has 656 valence electrons. The molecule has 12 aromatic carbocycles. The average Bonchev–Trinajstić information content (AvgIpc) is 0.782. The maximum atomic E-state index is 13.2. The number of aromatic nitrogens is 8. The number of fused-ring (bicyclic) bond motifs is 12. The molecule has 4 aliphatic carbocycles. The molecule has 20 rings (SSSR count). The number of carbonyl (C=O) groups is 4. The predicted molar refractivity (Wildman–Crippen MR) is 524 cm³/mol. The second kappa shape index (κ2) is 40.9. The van der Waals surface area contributed by atoms with Gasteiger partial charge in [-0.25, -0.2) is 44.3 Å². The van der Waals surface area contributed by atoms with Gasteiger partial charge < -0.3 is 49.3 Å². The highest BCUT2D eigenvalue weighted by molar-refractivity contribution is 9.10. The van der Waals surface area contributed by atoms with Crippen LogP contribution in [-0.2, 0) is 122 Å². The van der Waals surface area contributed by atoms with Crippen LogP contribution >= 0.6 is 27.5 Å². The monoisotopic (exact) mass is 1830 g/mol. The van der Waals surface area contributed by atoms with Crippen LogP contribution in [0.1, 0.15) is 112 Å². The highest BCUT2D eigenvalue weighted by Gasteiger charge is 2.29. The standard InChI is InChI=1S/C27H23BrN4O.C27H23ClN4O.C27H23FN4O.C27H24N4O2/c3*28-20-9-6-18(7-10-20)15-25(33)32-27-24(14-17-4-2-1-3-5-17)30-26-22-12-11-21(29)16-19(22)8-13-23(26)31-27;28-20-9-12-22-19(16-20)8-13-23-26(22)29-24(14-17-4-2-1-3-5-17)27(30-23)31-25(33)15-18-6-10-21(32)11-7-18/h3*1-7,9-12,16H,8,13-15,29H2,(H,31,32,33);1-7,9-12,16,32H,8,13-15,28H2,(H,30,31,33). The number of anilines is 8. The second-order valence-corrected chi connectivity index (χ2v) is 34.4. The normalized spacial score (nSPS) is 12.0. The van der Waals surface area contributed by atoms with Crippen molar-refractivity contribution < 1.29 is 28.7 Å². The molecule has 21 nitrogen and oxygen atoms in total. The summed E-state index contributed by atoms with van der Waals surface area (Å²) in [5, 5.41) is 22.1. The number of phenolic OH excluding ortho intramolecular Hbond substituents is 1. The Labute approximate surface area is 777 Å². The predicted octanol–water partition coefficient (Wildman–Crippen LogP) is 19.6. The molecule has 0 atom stereocenters. The van der Waals surface area contributed by atoms with Crippen molar-refractivity contribution >= 4 is 97.2 Å². The number of phenols is 1. The Bertz CT molecular complexity index is 6120. The van der Waals surface area contributed by atoms with Crippen molar-refractivity contribution in [2.75, 3.05) is 44.2 Å². The Morgan fingerprint density at radius 1 is 0.303 bits per heavy atom. The van der Waals surface area contributed by atoms with E-state index in [1.807, 2.05) is 206 Å². The van der Waals surface area contributed by atoms with Crippen molar-refractivity contribution in [3.8, 4) is 50.8 Å². The van der Waals surface area contributed by atoms with E-state index in [0.717, 1.165) is 214 Å². The highest BCUT2D eigenvalue weighted by atomic mass is 79.9. The van der Waals surface area contributed by atoms with E-state index in [2.05, 4.69) is 61.5 Å². The van der Waals surface area contributed by atoms with Crippen LogP contribution in [0.3, 0.4) is 0 Å². The molecule has 132 heavy (non-hydrogen) atoms. The first kappa shape index (κ1) is 88.6. The summed E-state index contributed by atoms with van der Waals surface area (Å²) in [6.07, 6.45) is 9.42. The third-order valence-electron chi connectivity index (χ3n) is 23.2. The van der Waals surface area contributed by atoms with Crippen LogP contribution in [0.4, 0.5) is 50.4 Å². The average molecular weight is 1830 g/mol. The molecule has 0 bridgehead atoms. The van der Waals surface area contributed by atoms with Crippen LogP contribution in [0.25, 0.3) is 45.0 Å². The van der Waals surface area contributed by atoms with E-state index in [4.69, 9.17) is 74.4 Å². The van der Waals surface area contributed by atoms with Crippen molar-refractivity contribution in [1.82, 2.24) is 39.9 Å². The lowest BCUT2D eigenvalue weighted by molar-refractivity contribution is -0.116. The summed E-state index contributed by atoms with van der Waals surface area (Å²) in [6, 6.07) is 91.4. The molecular formula is C108H93BrClFN16O5. The number of halogens is 3. The van der Waals surface area contributed by atoms with Crippen LogP contribution in [-0.4, -0.2) is 68.6 Å². The topological polar surface area (TPSA) is 344 Å².